The third kappa shape index (κ3) is 3.63. The fraction of sp³-hybridized carbons (Fsp3) is 0.0952. The van der Waals surface area contributed by atoms with Gasteiger partial charge >= 0.3 is 0 Å². The van der Waals surface area contributed by atoms with Crippen molar-refractivity contribution in [3.05, 3.63) is 78.0 Å². The molecule has 2 aromatic carbocycles. The van der Waals surface area contributed by atoms with Gasteiger partial charge < -0.3 is 5.32 Å². The molecule has 5 heteroatoms. The standard InChI is InChI=1S/C21H17N3OS/c1-14-5-2-6-15(11-14)12-19(25)23-17-8-3-7-16(13-17)20-24-18-9-4-10-22-21(18)26-20/h2-11,13H,12H2,1H3,(H,23,25). The van der Waals surface area contributed by atoms with E-state index in [1.54, 1.807) is 17.5 Å². The van der Waals surface area contributed by atoms with Gasteiger partial charge in [0.25, 0.3) is 0 Å². The number of rotatable bonds is 4. The van der Waals surface area contributed by atoms with Crippen LogP contribution in [0.2, 0.25) is 0 Å². The molecule has 128 valence electrons. The average Bonchev–Trinajstić information content (AvgIpc) is 3.06. The number of carbonyl (C=O) groups excluding carboxylic acids is 1. The third-order valence-electron chi connectivity index (χ3n) is 4.01. The number of nitrogens with one attached hydrogen (secondary N) is 1. The summed E-state index contributed by atoms with van der Waals surface area (Å²) in [5.74, 6) is -0.0290. The highest BCUT2D eigenvalue weighted by molar-refractivity contribution is 7.21. The summed E-state index contributed by atoms with van der Waals surface area (Å²) in [6.45, 7) is 2.03. The summed E-state index contributed by atoms with van der Waals surface area (Å²) in [6.07, 6.45) is 2.13. The van der Waals surface area contributed by atoms with Crippen LogP contribution in [0.4, 0.5) is 5.69 Å². The molecule has 0 saturated heterocycles. The summed E-state index contributed by atoms with van der Waals surface area (Å²) in [5.41, 5.74) is 4.80. The molecule has 0 fully saturated rings. The van der Waals surface area contributed by atoms with E-state index in [2.05, 4.69) is 15.3 Å². The van der Waals surface area contributed by atoms with Crippen molar-refractivity contribution in [2.45, 2.75) is 13.3 Å². The summed E-state index contributed by atoms with van der Waals surface area (Å²) in [7, 11) is 0. The maximum Gasteiger partial charge on any atom is 0.228 e. The Hall–Kier alpha value is -3.05. The van der Waals surface area contributed by atoms with Crippen LogP contribution < -0.4 is 5.32 Å². The van der Waals surface area contributed by atoms with E-state index in [9.17, 15) is 4.79 Å². The van der Waals surface area contributed by atoms with E-state index in [0.29, 0.717) is 6.42 Å². The quantitative estimate of drug-likeness (QED) is 0.567. The number of hydrogen-bond acceptors (Lipinski definition) is 4. The normalized spacial score (nSPS) is 10.8. The molecule has 0 radical (unpaired) electrons. The Morgan fingerprint density at radius 3 is 2.81 bits per heavy atom. The van der Waals surface area contributed by atoms with Crippen LogP contribution >= 0.6 is 11.3 Å². The van der Waals surface area contributed by atoms with E-state index < -0.39 is 0 Å². The minimum atomic E-state index is -0.0290. The summed E-state index contributed by atoms with van der Waals surface area (Å²) < 4.78 is 0. The molecule has 4 rings (SSSR count). The van der Waals surface area contributed by atoms with E-state index in [0.717, 1.165) is 37.7 Å². The lowest BCUT2D eigenvalue weighted by molar-refractivity contribution is -0.115. The monoisotopic (exact) mass is 359 g/mol. The first-order chi connectivity index (χ1) is 12.7. The van der Waals surface area contributed by atoms with Gasteiger partial charge in [-0.25, -0.2) is 9.97 Å². The first-order valence-corrected chi connectivity index (χ1v) is 9.16. The summed E-state index contributed by atoms with van der Waals surface area (Å²) in [4.78, 5) is 22.2. The van der Waals surface area contributed by atoms with Gasteiger partial charge in [-0.1, -0.05) is 53.3 Å². The van der Waals surface area contributed by atoms with Gasteiger partial charge in [-0.3, -0.25) is 4.79 Å². The molecule has 0 atom stereocenters. The van der Waals surface area contributed by atoms with Crippen LogP contribution in [0.15, 0.2) is 66.9 Å². The predicted molar refractivity (Wildman–Crippen MR) is 106 cm³/mol. The number of carbonyl (C=O) groups is 1. The smallest absolute Gasteiger partial charge is 0.228 e. The van der Waals surface area contributed by atoms with Gasteiger partial charge in [-0.2, -0.15) is 0 Å². The van der Waals surface area contributed by atoms with Crippen LogP contribution in [0, 0.1) is 6.92 Å². The lowest BCUT2D eigenvalue weighted by Gasteiger charge is -2.07. The second-order valence-electron chi connectivity index (χ2n) is 6.14. The Kier molecular flexibility index (Phi) is 4.46. The third-order valence-corrected chi connectivity index (χ3v) is 5.04. The molecule has 26 heavy (non-hydrogen) atoms. The van der Waals surface area contributed by atoms with E-state index in [-0.39, 0.29) is 5.91 Å². The molecule has 0 aliphatic carbocycles. The van der Waals surface area contributed by atoms with Gasteiger partial charge in [0.05, 0.1) is 6.42 Å². The number of benzene rings is 2. The molecule has 0 saturated carbocycles. The van der Waals surface area contributed by atoms with E-state index in [1.165, 1.54) is 0 Å². The highest BCUT2D eigenvalue weighted by Gasteiger charge is 2.09. The Morgan fingerprint density at radius 2 is 1.96 bits per heavy atom. The molecule has 4 aromatic rings. The second-order valence-corrected chi connectivity index (χ2v) is 7.12. The zero-order valence-corrected chi connectivity index (χ0v) is 15.1. The topological polar surface area (TPSA) is 54.9 Å². The maximum absolute atomic E-state index is 12.3. The van der Waals surface area contributed by atoms with Crippen LogP contribution in [-0.4, -0.2) is 15.9 Å². The Balaban J connectivity index is 1.53. The number of anilines is 1. The molecule has 2 aromatic heterocycles. The van der Waals surface area contributed by atoms with Crippen molar-refractivity contribution >= 4 is 33.3 Å². The number of hydrogen-bond donors (Lipinski definition) is 1. The average molecular weight is 359 g/mol. The molecule has 0 aliphatic rings. The molecule has 1 amide bonds. The van der Waals surface area contributed by atoms with Crippen molar-refractivity contribution in [3.8, 4) is 10.6 Å². The zero-order chi connectivity index (χ0) is 17.9. The molecule has 0 bridgehead atoms. The Labute approximate surface area is 155 Å². The number of nitrogens with zero attached hydrogens (tertiary/aromatic N) is 2. The minimum Gasteiger partial charge on any atom is -0.326 e. The van der Waals surface area contributed by atoms with E-state index >= 15 is 0 Å². The first-order valence-electron chi connectivity index (χ1n) is 8.35. The summed E-state index contributed by atoms with van der Waals surface area (Å²) in [5, 5.41) is 3.87. The number of pyridine rings is 1. The van der Waals surface area contributed by atoms with Gasteiger partial charge in [0.15, 0.2) is 0 Å². The SMILES string of the molecule is Cc1cccc(CC(=O)Nc2cccc(-c3nc4cccnc4s3)c2)c1. The molecule has 1 N–H and O–H groups in total. The molecular weight excluding hydrogens is 342 g/mol. The van der Waals surface area contributed by atoms with Crippen molar-refractivity contribution in [2.24, 2.45) is 0 Å². The lowest BCUT2D eigenvalue weighted by atomic mass is 10.1. The predicted octanol–water partition coefficient (Wildman–Crippen LogP) is 4.85. The van der Waals surface area contributed by atoms with Crippen LogP contribution in [0.3, 0.4) is 0 Å². The Bertz CT molecular complexity index is 1050. The van der Waals surface area contributed by atoms with Crippen molar-refractivity contribution < 1.29 is 4.79 Å². The number of amides is 1. The van der Waals surface area contributed by atoms with Crippen molar-refractivity contribution in [3.63, 3.8) is 0 Å². The largest absolute Gasteiger partial charge is 0.326 e. The molecule has 0 unspecified atom stereocenters. The maximum atomic E-state index is 12.3. The molecule has 0 aliphatic heterocycles. The lowest BCUT2D eigenvalue weighted by Crippen LogP contribution is -2.14. The fourth-order valence-electron chi connectivity index (χ4n) is 2.84. The van der Waals surface area contributed by atoms with Crippen molar-refractivity contribution in [2.75, 3.05) is 5.32 Å². The minimum absolute atomic E-state index is 0.0290. The zero-order valence-electron chi connectivity index (χ0n) is 14.3. The van der Waals surface area contributed by atoms with Gasteiger partial charge in [-0.15, -0.1) is 0 Å². The fourth-order valence-corrected chi connectivity index (χ4v) is 3.74. The molecular formula is C21H17N3OS. The van der Waals surface area contributed by atoms with Crippen molar-refractivity contribution in [1.29, 1.82) is 0 Å². The highest BCUT2D eigenvalue weighted by Crippen LogP contribution is 2.30. The van der Waals surface area contributed by atoms with Gasteiger partial charge in [0.2, 0.25) is 5.91 Å². The van der Waals surface area contributed by atoms with Crippen LogP contribution in [0.1, 0.15) is 11.1 Å². The number of aromatic nitrogens is 2. The first kappa shape index (κ1) is 16.4. The number of fused-ring (bicyclic) bond motifs is 1. The number of aryl methyl sites for hydroxylation is 1. The summed E-state index contributed by atoms with van der Waals surface area (Å²) in [6, 6.07) is 19.6. The molecule has 0 spiro atoms. The molecule has 4 nitrogen and oxygen atoms in total. The van der Waals surface area contributed by atoms with Gasteiger partial charge in [-0.05, 0) is 36.8 Å². The van der Waals surface area contributed by atoms with Crippen molar-refractivity contribution in [1.82, 2.24) is 9.97 Å². The highest BCUT2D eigenvalue weighted by atomic mass is 32.1. The van der Waals surface area contributed by atoms with Crippen LogP contribution in [0.5, 0.6) is 0 Å². The Morgan fingerprint density at radius 1 is 1.08 bits per heavy atom. The van der Waals surface area contributed by atoms with Gasteiger partial charge in [0, 0.05) is 17.4 Å². The van der Waals surface area contributed by atoms with Gasteiger partial charge in [0.1, 0.15) is 15.4 Å². The van der Waals surface area contributed by atoms with E-state index in [4.69, 9.17) is 0 Å². The van der Waals surface area contributed by atoms with E-state index in [1.807, 2.05) is 67.6 Å². The molecule has 2 heterocycles. The summed E-state index contributed by atoms with van der Waals surface area (Å²) >= 11 is 1.55. The number of thiazole rings is 1. The second kappa shape index (κ2) is 7.06. The van der Waals surface area contributed by atoms with Crippen LogP contribution in [0.25, 0.3) is 20.9 Å². The van der Waals surface area contributed by atoms with Crippen LogP contribution in [-0.2, 0) is 11.2 Å².